The Morgan fingerprint density at radius 1 is 1.80 bits per heavy atom. The second kappa shape index (κ2) is 3.07. The number of carboxylic acid groups (broad SMARTS) is 1. The Hall–Kier alpha value is -0.480. The molecule has 0 spiro atoms. The van der Waals surface area contributed by atoms with Crippen LogP contribution in [-0.4, -0.2) is 17.3 Å². The van der Waals surface area contributed by atoms with Crippen LogP contribution in [0.2, 0.25) is 0 Å². The van der Waals surface area contributed by atoms with Crippen LogP contribution in [0.25, 0.3) is 0 Å². The van der Waals surface area contributed by atoms with Crippen LogP contribution in [0.3, 0.4) is 0 Å². The van der Waals surface area contributed by atoms with E-state index in [0.717, 1.165) is 4.90 Å². The fraction of sp³-hybridized carbons (Fsp3) is 0.167. The van der Waals surface area contributed by atoms with E-state index >= 15 is 0 Å². The SMILES string of the molecule is CSc1csc(C(=O)O)c1. The van der Waals surface area contributed by atoms with Gasteiger partial charge in [-0.05, 0) is 12.3 Å². The van der Waals surface area contributed by atoms with Crippen molar-refractivity contribution in [2.24, 2.45) is 0 Å². The van der Waals surface area contributed by atoms with E-state index in [1.54, 1.807) is 17.8 Å². The van der Waals surface area contributed by atoms with Crippen molar-refractivity contribution in [1.29, 1.82) is 0 Å². The third-order valence-electron chi connectivity index (χ3n) is 1.02. The minimum Gasteiger partial charge on any atom is -0.477 e. The van der Waals surface area contributed by atoms with Gasteiger partial charge in [0, 0.05) is 10.3 Å². The molecule has 1 aromatic rings. The van der Waals surface area contributed by atoms with Crippen molar-refractivity contribution in [1.82, 2.24) is 0 Å². The van der Waals surface area contributed by atoms with Gasteiger partial charge in [0.2, 0.25) is 0 Å². The summed E-state index contributed by atoms with van der Waals surface area (Å²) in [6, 6.07) is 1.68. The van der Waals surface area contributed by atoms with Crippen molar-refractivity contribution in [3.63, 3.8) is 0 Å². The third-order valence-corrected chi connectivity index (χ3v) is 2.80. The maximum atomic E-state index is 10.3. The number of hydrogen-bond donors (Lipinski definition) is 1. The summed E-state index contributed by atoms with van der Waals surface area (Å²) in [5.74, 6) is -0.842. The van der Waals surface area contributed by atoms with Crippen LogP contribution in [0.1, 0.15) is 9.67 Å². The fourth-order valence-electron chi connectivity index (χ4n) is 0.538. The van der Waals surface area contributed by atoms with E-state index in [0.29, 0.717) is 4.88 Å². The van der Waals surface area contributed by atoms with Gasteiger partial charge in [0.15, 0.2) is 0 Å². The topological polar surface area (TPSA) is 37.3 Å². The zero-order chi connectivity index (χ0) is 7.56. The van der Waals surface area contributed by atoms with E-state index in [2.05, 4.69) is 0 Å². The van der Waals surface area contributed by atoms with Crippen LogP contribution < -0.4 is 0 Å². The summed E-state index contributed by atoms with van der Waals surface area (Å²) in [5.41, 5.74) is 0. The first-order valence-electron chi connectivity index (χ1n) is 2.60. The lowest BCUT2D eigenvalue weighted by Gasteiger charge is -1.82. The minimum absolute atomic E-state index is 0.407. The number of hydrogen-bond acceptors (Lipinski definition) is 3. The molecule has 0 amide bonds. The zero-order valence-electron chi connectivity index (χ0n) is 5.33. The first kappa shape index (κ1) is 7.63. The second-order valence-electron chi connectivity index (χ2n) is 1.66. The largest absolute Gasteiger partial charge is 0.477 e. The molecule has 1 heterocycles. The van der Waals surface area contributed by atoms with E-state index in [9.17, 15) is 4.79 Å². The predicted molar refractivity (Wildman–Crippen MR) is 43.1 cm³/mol. The summed E-state index contributed by atoms with van der Waals surface area (Å²) in [6.45, 7) is 0. The van der Waals surface area contributed by atoms with Crippen molar-refractivity contribution >= 4 is 29.1 Å². The molecule has 0 saturated heterocycles. The molecular formula is C6H6O2S2. The molecule has 0 atom stereocenters. The Bertz CT molecular complexity index is 242. The summed E-state index contributed by atoms with van der Waals surface area (Å²) in [4.78, 5) is 11.8. The second-order valence-corrected chi connectivity index (χ2v) is 3.45. The van der Waals surface area contributed by atoms with E-state index in [1.165, 1.54) is 11.3 Å². The normalized spacial score (nSPS) is 9.70. The Labute approximate surface area is 66.9 Å². The van der Waals surface area contributed by atoms with Gasteiger partial charge in [0.05, 0.1) is 0 Å². The molecule has 1 N–H and O–H groups in total. The Kier molecular flexibility index (Phi) is 2.34. The lowest BCUT2D eigenvalue weighted by atomic mass is 10.5. The van der Waals surface area contributed by atoms with Gasteiger partial charge in [-0.3, -0.25) is 0 Å². The molecule has 0 radical (unpaired) electrons. The summed E-state index contributed by atoms with van der Waals surface area (Å²) in [6.07, 6.45) is 1.92. The standard InChI is InChI=1S/C6H6O2S2/c1-9-4-2-5(6(7)8)10-3-4/h2-3H,1H3,(H,7,8). The summed E-state index contributed by atoms with van der Waals surface area (Å²) < 4.78 is 0. The highest BCUT2D eigenvalue weighted by atomic mass is 32.2. The van der Waals surface area contributed by atoms with E-state index in [4.69, 9.17) is 5.11 Å². The smallest absolute Gasteiger partial charge is 0.345 e. The molecule has 10 heavy (non-hydrogen) atoms. The summed E-state index contributed by atoms with van der Waals surface area (Å²) in [5, 5.41) is 10.3. The van der Waals surface area contributed by atoms with Gasteiger partial charge in [-0.15, -0.1) is 23.1 Å². The van der Waals surface area contributed by atoms with Gasteiger partial charge in [0.1, 0.15) is 4.88 Å². The third kappa shape index (κ3) is 1.52. The lowest BCUT2D eigenvalue weighted by Crippen LogP contribution is -1.89. The van der Waals surface area contributed by atoms with Crippen LogP contribution in [0, 0.1) is 0 Å². The van der Waals surface area contributed by atoms with Crippen LogP contribution in [0.15, 0.2) is 16.3 Å². The molecule has 54 valence electrons. The highest BCUT2D eigenvalue weighted by Crippen LogP contribution is 2.22. The number of thioether (sulfide) groups is 1. The fourth-order valence-corrected chi connectivity index (χ4v) is 1.98. The maximum Gasteiger partial charge on any atom is 0.345 e. The molecule has 2 nitrogen and oxygen atoms in total. The van der Waals surface area contributed by atoms with Crippen LogP contribution in [-0.2, 0) is 0 Å². The first-order valence-corrected chi connectivity index (χ1v) is 4.70. The Balaban J connectivity index is 2.88. The van der Waals surface area contributed by atoms with Crippen molar-refractivity contribution in [3.05, 3.63) is 16.3 Å². The molecule has 0 bridgehead atoms. The van der Waals surface area contributed by atoms with Gasteiger partial charge >= 0.3 is 5.97 Å². The van der Waals surface area contributed by atoms with Gasteiger partial charge in [-0.25, -0.2) is 4.79 Å². The van der Waals surface area contributed by atoms with Gasteiger partial charge < -0.3 is 5.11 Å². The molecule has 1 aromatic heterocycles. The molecule has 0 aromatic carbocycles. The Morgan fingerprint density at radius 3 is 2.80 bits per heavy atom. The zero-order valence-corrected chi connectivity index (χ0v) is 6.96. The highest BCUT2D eigenvalue weighted by molar-refractivity contribution is 7.98. The highest BCUT2D eigenvalue weighted by Gasteiger charge is 2.04. The maximum absolute atomic E-state index is 10.3. The molecule has 1 rings (SSSR count). The first-order chi connectivity index (χ1) is 4.74. The molecule has 0 aliphatic rings. The van der Waals surface area contributed by atoms with E-state index in [-0.39, 0.29) is 0 Å². The molecule has 0 fully saturated rings. The van der Waals surface area contributed by atoms with Crippen molar-refractivity contribution in [2.75, 3.05) is 6.26 Å². The average molecular weight is 174 g/mol. The Morgan fingerprint density at radius 2 is 2.50 bits per heavy atom. The van der Waals surface area contributed by atoms with Crippen LogP contribution in [0.5, 0.6) is 0 Å². The lowest BCUT2D eigenvalue weighted by molar-refractivity contribution is 0.0702. The monoisotopic (exact) mass is 174 g/mol. The van der Waals surface area contributed by atoms with E-state index < -0.39 is 5.97 Å². The molecule has 0 unspecified atom stereocenters. The van der Waals surface area contributed by atoms with Crippen molar-refractivity contribution in [2.45, 2.75) is 4.90 Å². The molecule has 0 aliphatic heterocycles. The molecular weight excluding hydrogens is 168 g/mol. The van der Waals surface area contributed by atoms with Crippen molar-refractivity contribution in [3.8, 4) is 0 Å². The predicted octanol–water partition coefficient (Wildman–Crippen LogP) is 2.17. The molecule has 0 saturated carbocycles. The van der Waals surface area contributed by atoms with Crippen LogP contribution in [0.4, 0.5) is 0 Å². The number of aromatic carboxylic acids is 1. The number of rotatable bonds is 2. The minimum atomic E-state index is -0.842. The van der Waals surface area contributed by atoms with Gasteiger partial charge in [-0.2, -0.15) is 0 Å². The number of thiophene rings is 1. The molecule has 0 aliphatic carbocycles. The van der Waals surface area contributed by atoms with Crippen LogP contribution >= 0.6 is 23.1 Å². The van der Waals surface area contributed by atoms with E-state index in [1.807, 2.05) is 11.6 Å². The van der Waals surface area contributed by atoms with Gasteiger partial charge in [-0.1, -0.05) is 0 Å². The van der Waals surface area contributed by atoms with Crippen molar-refractivity contribution < 1.29 is 9.90 Å². The summed E-state index contributed by atoms with van der Waals surface area (Å²) >= 11 is 2.82. The average Bonchev–Trinajstić information content (AvgIpc) is 2.34. The quantitative estimate of drug-likeness (QED) is 0.698. The number of carboxylic acids is 1. The number of carbonyl (C=O) groups is 1. The van der Waals surface area contributed by atoms with Gasteiger partial charge in [0.25, 0.3) is 0 Å². The molecule has 4 heteroatoms. The summed E-state index contributed by atoms with van der Waals surface area (Å²) in [7, 11) is 0.